The molecule has 0 saturated carbocycles. The van der Waals surface area contributed by atoms with Gasteiger partial charge in [-0.05, 0) is 56.0 Å². The topological polar surface area (TPSA) is 278 Å². The number of hydrogen-bond acceptors (Lipinski definition) is 15. The molecule has 0 bridgehead atoms. The Balaban J connectivity index is 1.54. The van der Waals surface area contributed by atoms with Crippen LogP contribution in [-0.2, 0) is 58.8 Å². The van der Waals surface area contributed by atoms with Gasteiger partial charge in [-0.3, -0.25) is 31.7 Å². The zero-order chi connectivity index (χ0) is 35.7. The van der Waals surface area contributed by atoms with Crippen molar-refractivity contribution >= 4 is 29.3 Å². The van der Waals surface area contributed by atoms with E-state index >= 15 is 0 Å². The van der Waals surface area contributed by atoms with E-state index < -0.39 is 73.0 Å². The number of anilines is 1. The van der Waals surface area contributed by atoms with Gasteiger partial charge in [0.05, 0.1) is 39.1 Å². The van der Waals surface area contributed by atoms with Crippen molar-refractivity contribution in [2.45, 2.75) is 70.5 Å². The summed E-state index contributed by atoms with van der Waals surface area (Å²) < 4.78 is 73.4. The van der Waals surface area contributed by atoms with Crippen molar-refractivity contribution in [2.75, 3.05) is 25.6 Å². The van der Waals surface area contributed by atoms with Gasteiger partial charge in [0.15, 0.2) is 6.23 Å². The second-order valence-corrected chi connectivity index (χ2v) is 14.8. The lowest BCUT2D eigenvalue weighted by Crippen LogP contribution is -2.37. The van der Waals surface area contributed by atoms with Gasteiger partial charge in [0.25, 0.3) is 0 Å². The maximum atomic E-state index is 12.8. The lowest BCUT2D eigenvalue weighted by molar-refractivity contribution is -0.0558. The van der Waals surface area contributed by atoms with Gasteiger partial charge < -0.3 is 35.4 Å². The molecule has 2 aromatic rings. The summed E-state index contributed by atoms with van der Waals surface area (Å²) in [6.45, 7) is 0.817. The molecule has 3 rings (SSSR count). The lowest BCUT2D eigenvalue weighted by atomic mass is 10.1. The number of terminal acetylenes is 1. The smallest absolute Gasteiger partial charge is 0.392 e. The number of nitrogens with two attached hydrogens (primary N) is 1. The second-order valence-electron chi connectivity index (χ2n) is 10.5. The zero-order valence-corrected chi connectivity index (χ0v) is 28.5. The molecule has 0 radical (unpaired) electrons. The van der Waals surface area contributed by atoms with Crippen molar-refractivity contribution in [2.24, 2.45) is 0 Å². The Kier molecular flexibility index (Phi) is 14.7. The zero-order valence-electron chi connectivity index (χ0n) is 25.8. The van der Waals surface area contributed by atoms with Crippen molar-refractivity contribution in [1.29, 1.82) is 0 Å². The van der Waals surface area contributed by atoms with Crippen molar-refractivity contribution in [3.05, 3.63) is 57.6 Å². The predicted octanol–water partition coefficient (Wildman–Crippen LogP) is 1.72. The number of benzene rings is 1. The lowest BCUT2D eigenvalue weighted by Gasteiger charge is -2.23. The van der Waals surface area contributed by atoms with Crippen LogP contribution in [0.25, 0.3) is 0 Å². The van der Waals surface area contributed by atoms with E-state index in [1.165, 1.54) is 19.9 Å². The number of aliphatic hydroxyl groups is 2. The molecule has 0 aliphatic carbocycles. The van der Waals surface area contributed by atoms with E-state index in [0.717, 1.165) is 10.8 Å². The van der Waals surface area contributed by atoms with Gasteiger partial charge in [-0.1, -0.05) is 12.0 Å². The standard InChI is InChI=1S/C26H38N3O16P3/c1-4-18-11-19(14-30)13-20(12-18)15-41-46(33,34)39-9-5-6-10-40-47(35,36)45-24-21(16-42-48(37,38)44-17(2)3)43-25(23(24)31)29-8-7-22(27)28-26(29)32/h1,7-8,11-13,17,21,23-25,30-31H,5-6,9-10,14-16H2,2-3H3,(H,33,34)(H,35,36)(H,37,38)(H2,27,28,32)/t21-,23+,24?,25-/m1/s1. The Morgan fingerprint density at radius 1 is 1.02 bits per heavy atom. The minimum atomic E-state index is -4.96. The number of ether oxygens (including phenoxy) is 1. The molecular weight excluding hydrogens is 703 g/mol. The number of rotatable bonds is 19. The highest BCUT2D eigenvalue weighted by Gasteiger charge is 2.50. The number of nitrogen functional groups attached to an aromatic ring is 1. The molecule has 1 aliphatic rings. The van der Waals surface area contributed by atoms with Gasteiger partial charge in [0.2, 0.25) is 0 Å². The molecule has 7 atom stereocenters. The molecule has 1 aromatic carbocycles. The van der Waals surface area contributed by atoms with Crippen LogP contribution < -0.4 is 11.4 Å². The van der Waals surface area contributed by atoms with Gasteiger partial charge in [-0.15, -0.1) is 6.42 Å². The molecule has 268 valence electrons. The van der Waals surface area contributed by atoms with Gasteiger partial charge >= 0.3 is 29.2 Å². The van der Waals surface area contributed by atoms with Crippen LogP contribution in [0.3, 0.4) is 0 Å². The Morgan fingerprint density at radius 2 is 1.67 bits per heavy atom. The minimum Gasteiger partial charge on any atom is -0.392 e. The third-order valence-electron chi connectivity index (χ3n) is 6.28. The average Bonchev–Trinajstić information content (AvgIpc) is 3.29. The van der Waals surface area contributed by atoms with Crippen molar-refractivity contribution in [3.63, 3.8) is 0 Å². The van der Waals surface area contributed by atoms with Crippen LogP contribution in [0.1, 0.15) is 49.6 Å². The molecule has 7 N–H and O–H groups in total. The number of phosphoric acid groups is 3. The highest BCUT2D eigenvalue weighted by atomic mass is 31.2. The van der Waals surface area contributed by atoms with Gasteiger partial charge in [-0.2, -0.15) is 4.98 Å². The van der Waals surface area contributed by atoms with Crippen LogP contribution in [-0.4, -0.2) is 78.7 Å². The predicted molar refractivity (Wildman–Crippen MR) is 166 cm³/mol. The molecule has 4 unspecified atom stereocenters. The van der Waals surface area contributed by atoms with Crippen molar-refractivity contribution in [1.82, 2.24) is 9.55 Å². The number of phosphoric ester groups is 3. The van der Waals surface area contributed by atoms with E-state index in [9.17, 15) is 43.4 Å². The summed E-state index contributed by atoms with van der Waals surface area (Å²) in [5, 5.41) is 20.3. The third-order valence-corrected chi connectivity index (χ3v) is 9.43. The minimum absolute atomic E-state index is 0.0314. The molecule has 19 nitrogen and oxygen atoms in total. The fraction of sp³-hybridized carbons (Fsp3) is 0.538. The summed E-state index contributed by atoms with van der Waals surface area (Å²) in [7, 11) is -14.1. The van der Waals surface area contributed by atoms with Crippen LogP contribution in [0, 0.1) is 12.3 Å². The monoisotopic (exact) mass is 741 g/mol. The largest absolute Gasteiger partial charge is 0.472 e. The summed E-state index contributed by atoms with van der Waals surface area (Å²) >= 11 is 0. The highest BCUT2D eigenvalue weighted by Crippen LogP contribution is 2.50. The highest BCUT2D eigenvalue weighted by molar-refractivity contribution is 7.47. The van der Waals surface area contributed by atoms with Crippen molar-refractivity contribution < 1.29 is 70.5 Å². The molecule has 1 saturated heterocycles. The molecule has 1 fully saturated rings. The fourth-order valence-corrected chi connectivity index (χ4v) is 6.92. The van der Waals surface area contributed by atoms with Crippen LogP contribution >= 0.6 is 23.5 Å². The molecule has 0 amide bonds. The first-order valence-electron chi connectivity index (χ1n) is 14.3. The van der Waals surface area contributed by atoms with Crippen molar-refractivity contribution in [3.8, 4) is 12.3 Å². The first-order valence-corrected chi connectivity index (χ1v) is 18.7. The van der Waals surface area contributed by atoms with Crippen LogP contribution in [0.4, 0.5) is 5.82 Å². The first kappa shape index (κ1) is 40.1. The number of unbranched alkanes of at least 4 members (excludes halogenated alkanes) is 1. The Bertz CT molecular complexity index is 1630. The number of aliphatic hydroxyl groups excluding tert-OH is 2. The first-order chi connectivity index (χ1) is 22.4. The normalized spacial score (nSPS) is 23.3. The summed E-state index contributed by atoms with van der Waals surface area (Å²) in [6.07, 6.45) is -0.670. The quantitative estimate of drug-likeness (QED) is 0.0679. The molecule has 22 heteroatoms. The van der Waals surface area contributed by atoms with E-state index in [1.54, 1.807) is 18.2 Å². The van der Waals surface area contributed by atoms with Gasteiger partial charge in [0.1, 0.15) is 24.1 Å². The molecule has 1 aromatic heterocycles. The maximum Gasteiger partial charge on any atom is 0.472 e. The SMILES string of the molecule is C#Cc1cc(CO)cc(COP(=O)(O)OCCCCOP(=O)(O)OC2[C@@H](COP(=O)(O)OC(C)C)O[C@@H](n3ccc(N)nc3=O)[C@H]2O)c1. The van der Waals surface area contributed by atoms with E-state index in [2.05, 4.69) is 10.9 Å². The third kappa shape index (κ3) is 12.5. The number of nitrogens with zero attached hydrogens (tertiary/aromatic N) is 2. The van der Waals surface area contributed by atoms with Gasteiger partial charge in [0, 0.05) is 11.8 Å². The van der Waals surface area contributed by atoms with Crippen LogP contribution in [0.5, 0.6) is 0 Å². The summed E-state index contributed by atoms with van der Waals surface area (Å²) in [5.74, 6) is 2.28. The average molecular weight is 742 g/mol. The molecule has 48 heavy (non-hydrogen) atoms. The van der Waals surface area contributed by atoms with E-state index in [0.29, 0.717) is 16.7 Å². The van der Waals surface area contributed by atoms with E-state index in [-0.39, 0.29) is 38.5 Å². The van der Waals surface area contributed by atoms with E-state index in [4.69, 9.17) is 44.0 Å². The molecule has 2 heterocycles. The Morgan fingerprint density at radius 3 is 2.27 bits per heavy atom. The number of hydrogen-bond donors (Lipinski definition) is 6. The molecule has 1 aliphatic heterocycles. The Labute approximate surface area is 275 Å². The second kappa shape index (κ2) is 17.6. The summed E-state index contributed by atoms with van der Waals surface area (Å²) in [6, 6.07) is 5.89. The maximum absolute atomic E-state index is 12.8. The summed E-state index contributed by atoms with van der Waals surface area (Å²) in [5.41, 5.74) is 5.93. The van der Waals surface area contributed by atoms with Gasteiger partial charge in [-0.25, -0.2) is 18.5 Å². The Hall–Kier alpha value is -2.33. The number of aromatic nitrogens is 2. The van der Waals surface area contributed by atoms with E-state index in [1.807, 2.05) is 0 Å². The van der Waals surface area contributed by atoms with Crippen LogP contribution in [0.2, 0.25) is 0 Å². The fourth-order valence-electron chi connectivity index (χ4n) is 4.26. The van der Waals surface area contributed by atoms with Crippen LogP contribution in [0.15, 0.2) is 35.3 Å². The summed E-state index contributed by atoms with van der Waals surface area (Å²) in [4.78, 5) is 46.1. The molecular formula is C26H38N3O16P3. The molecule has 0 spiro atoms.